The van der Waals surface area contributed by atoms with Crippen LogP contribution >= 0.6 is 0 Å². The summed E-state index contributed by atoms with van der Waals surface area (Å²) < 4.78 is 0. The topological polar surface area (TPSA) is 55.9 Å². The van der Waals surface area contributed by atoms with Crippen molar-refractivity contribution in [1.82, 2.24) is 14.7 Å². The molecule has 32 heavy (non-hydrogen) atoms. The van der Waals surface area contributed by atoms with Crippen LogP contribution in [0.4, 0.5) is 10.5 Å². The van der Waals surface area contributed by atoms with Gasteiger partial charge in [-0.2, -0.15) is 0 Å². The normalized spacial score (nSPS) is 20.8. The summed E-state index contributed by atoms with van der Waals surface area (Å²) in [6.45, 7) is 4.65. The Balaban J connectivity index is 1.16. The molecule has 0 aliphatic carbocycles. The van der Waals surface area contributed by atoms with Crippen molar-refractivity contribution < 1.29 is 9.59 Å². The highest BCUT2D eigenvalue weighted by Crippen LogP contribution is 2.27. The average molecular weight is 431 g/mol. The second kappa shape index (κ2) is 8.79. The van der Waals surface area contributed by atoms with Gasteiger partial charge in [0, 0.05) is 38.4 Å². The van der Waals surface area contributed by atoms with Gasteiger partial charge in [-0.15, -0.1) is 0 Å². The van der Waals surface area contributed by atoms with Gasteiger partial charge in [0.05, 0.1) is 5.92 Å². The van der Waals surface area contributed by atoms with Gasteiger partial charge in [0.25, 0.3) is 0 Å². The fraction of sp³-hybridized carbons (Fsp3) is 0.385. The summed E-state index contributed by atoms with van der Waals surface area (Å²) in [4.78, 5) is 31.5. The first-order chi connectivity index (χ1) is 15.6. The number of nitrogens with zero attached hydrogens (tertiary/aromatic N) is 3. The zero-order chi connectivity index (χ0) is 22.1. The molecule has 0 bridgehead atoms. The van der Waals surface area contributed by atoms with Crippen LogP contribution in [0.2, 0.25) is 0 Å². The number of carbonyl (C=O) groups excluding carboxylic acids is 2. The highest BCUT2D eigenvalue weighted by molar-refractivity contribution is 5.90. The van der Waals surface area contributed by atoms with Crippen molar-refractivity contribution in [3.8, 4) is 0 Å². The molecular formula is C26H30N4O2. The summed E-state index contributed by atoms with van der Waals surface area (Å²) in [6, 6.07) is 16.2. The first-order valence-electron chi connectivity index (χ1n) is 11.5. The molecule has 1 N–H and O–H groups in total. The molecule has 2 aromatic rings. The van der Waals surface area contributed by atoms with Gasteiger partial charge < -0.3 is 20.0 Å². The summed E-state index contributed by atoms with van der Waals surface area (Å²) in [6.07, 6.45) is 4.01. The van der Waals surface area contributed by atoms with E-state index in [0.717, 1.165) is 43.7 Å². The van der Waals surface area contributed by atoms with E-state index < -0.39 is 0 Å². The highest BCUT2D eigenvalue weighted by atomic mass is 16.2. The van der Waals surface area contributed by atoms with Crippen molar-refractivity contribution in [2.45, 2.75) is 25.9 Å². The van der Waals surface area contributed by atoms with E-state index in [2.05, 4.69) is 47.6 Å². The third-order valence-corrected chi connectivity index (χ3v) is 6.90. The van der Waals surface area contributed by atoms with Crippen molar-refractivity contribution in [3.63, 3.8) is 0 Å². The third-order valence-electron chi connectivity index (χ3n) is 6.90. The van der Waals surface area contributed by atoms with E-state index in [-0.39, 0.29) is 11.9 Å². The predicted octanol–water partition coefficient (Wildman–Crippen LogP) is 3.80. The zero-order valence-corrected chi connectivity index (χ0v) is 18.6. The quantitative estimate of drug-likeness (QED) is 0.806. The van der Waals surface area contributed by atoms with Crippen LogP contribution in [0.25, 0.3) is 5.57 Å². The molecule has 1 atom stereocenters. The first-order valence-corrected chi connectivity index (χ1v) is 11.5. The second-order valence-electron chi connectivity index (χ2n) is 9.14. The summed E-state index contributed by atoms with van der Waals surface area (Å²) in [7, 11) is 2.08. The Morgan fingerprint density at radius 1 is 0.938 bits per heavy atom. The van der Waals surface area contributed by atoms with Gasteiger partial charge in [0.2, 0.25) is 5.91 Å². The van der Waals surface area contributed by atoms with Crippen molar-refractivity contribution in [2.75, 3.05) is 38.5 Å². The number of hydrogen-bond acceptors (Lipinski definition) is 3. The number of urea groups is 1. The minimum Gasteiger partial charge on any atom is -0.338 e. The number of carbonyl (C=O) groups is 2. The van der Waals surface area contributed by atoms with Crippen molar-refractivity contribution in [3.05, 3.63) is 71.3 Å². The van der Waals surface area contributed by atoms with Crippen LogP contribution in [-0.4, -0.2) is 59.9 Å². The van der Waals surface area contributed by atoms with E-state index in [0.29, 0.717) is 25.5 Å². The molecule has 6 heteroatoms. The number of nitrogens with one attached hydrogen (secondary N) is 1. The van der Waals surface area contributed by atoms with Crippen LogP contribution in [-0.2, 0) is 17.9 Å². The number of anilines is 1. The van der Waals surface area contributed by atoms with Gasteiger partial charge in [-0.05, 0) is 60.8 Å². The highest BCUT2D eigenvalue weighted by Gasteiger charge is 2.30. The van der Waals surface area contributed by atoms with Gasteiger partial charge in [-0.25, -0.2) is 4.79 Å². The minimum atomic E-state index is -0.0717. The summed E-state index contributed by atoms with van der Waals surface area (Å²) in [5, 5.41) is 3.02. The van der Waals surface area contributed by atoms with Crippen LogP contribution in [0.15, 0.2) is 54.6 Å². The van der Waals surface area contributed by atoms with Crippen LogP contribution in [0.3, 0.4) is 0 Å². The monoisotopic (exact) mass is 430 g/mol. The summed E-state index contributed by atoms with van der Waals surface area (Å²) in [5.74, 6) is 0.452. The fourth-order valence-corrected chi connectivity index (χ4v) is 4.97. The number of likely N-dealkylation sites (tertiary alicyclic amines) is 1. The van der Waals surface area contributed by atoms with E-state index in [1.165, 1.54) is 16.7 Å². The number of rotatable bonds is 3. The third kappa shape index (κ3) is 4.28. The van der Waals surface area contributed by atoms with Crippen molar-refractivity contribution >= 4 is 23.2 Å². The maximum atomic E-state index is 12.7. The molecule has 0 saturated carbocycles. The molecule has 0 spiro atoms. The smallest absolute Gasteiger partial charge is 0.322 e. The molecule has 3 amide bonds. The Labute approximate surface area is 189 Å². The standard InChI is InChI=1S/C26H30N4O2/c1-28-13-10-23(16-28)25(31)29-14-11-20(12-15-29)19-6-8-24(9-7-19)27-26(32)30-17-21-4-2-3-5-22(21)18-30/h2-9,11,23H,10,12-18H2,1H3,(H,27,32). The molecule has 3 aliphatic rings. The molecule has 2 aromatic carbocycles. The van der Waals surface area contributed by atoms with E-state index in [9.17, 15) is 9.59 Å². The summed E-state index contributed by atoms with van der Waals surface area (Å²) in [5.41, 5.74) is 5.66. The number of amides is 3. The number of hydrogen-bond donors (Lipinski definition) is 1. The lowest BCUT2D eigenvalue weighted by Gasteiger charge is -2.29. The van der Waals surface area contributed by atoms with E-state index in [1.807, 2.05) is 34.1 Å². The minimum absolute atomic E-state index is 0.0717. The predicted molar refractivity (Wildman–Crippen MR) is 126 cm³/mol. The maximum Gasteiger partial charge on any atom is 0.322 e. The molecule has 1 unspecified atom stereocenters. The van der Waals surface area contributed by atoms with Gasteiger partial charge in [0.1, 0.15) is 0 Å². The molecule has 0 radical (unpaired) electrons. The molecule has 166 valence electrons. The van der Waals surface area contributed by atoms with E-state index >= 15 is 0 Å². The number of benzene rings is 2. The second-order valence-corrected chi connectivity index (χ2v) is 9.14. The molecule has 3 heterocycles. The lowest BCUT2D eigenvalue weighted by molar-refractivity contribution is -0.134. The Hall–Kier alpha value is -3.12. The van der Waals surface area contributed by atoms with Gasteiger partial charge >= 0.3 is 6.03 Å². The van der Waals surface area contributed by atoms with Gasteiger partial charge in [0.15, 0.2) is 0 Å². The SMILES string of the molecule is CN1CCC(C(=O)N2CC=C(c3ccc(NC(=O)N4Cc5ccccc5C4)cc3)CC2)C1. The Kier molecular flexibility index (Phi) is 5.70. The van der Waals surface area contributed by atoms with Crippen molar-refractivity contribution in [1.29, 1.82) is 0 Å². The molecule has 5 rings (SSSR count). The zero-order valence-electron chi connectivity index (χ0n) is 18.6. The Bertz CT molecular complexity index is 1020. The van der Waals surface area contributed by atoms with Gasteiger partial charge in [-0.1, -0.05) is 42.5 Å². The van der Waals surface area contributed by atoms with Crippen LogP contribution < -0.4 is 5.32 Å². The van der Waals surface area contributed by atoms with Crippen LogP contribution in [0, 0.1) is 5.92 Å². The maximum absolute atomic E-state index is 12.7. The molecule has 6 nitrogen and oxygen atoms in total. The van der Waals surface area contributed by atoms with Gasteiger partial charge in [-0.3, -0.25) is 4.79 Å². The summed E-state index contributed by atoms with van der Waals surface area (Å²) >= 11 is 0. The molecule has 1 fully saturated rings. The van der Waals surface area contributed by atoms with Crippen LogP contribution in [0.5, 0.6) is 0 Å². The Morgan fingerprint density at radius 2 is 1.66 bits per heavy atom. The van der Waals surface area contributed by atoms with Crippen LogP contribution in [0.1, 0.15) is 29.5 Å². The largest absolute Gasteiger partial charge is 0.338 e. The van der Waals surface area contributed by atoms with Crippen molar-refractivity contribution in [2.24, 2.45) is 5.92 Å². The molecule has 0 aromatic heterocycles. The lowest BCUT2D eigenvalue weighted by Crippen LogP contribution is -2.39. The molecule has 3 aliphatic heterocycles. The lowest BCUT2D eigenvalue weighted by atomic mass is 9.98. The molecular weight excluding hydrogens is 400 g/mol. The fourth-order valence-electron chi connectivity index (χ4n) is 4.97. The Morgan fingerprint density at radius 3 is 2.25 bits per heavy atom. The molecule has 1 saturated heterocycles. The number of fused-ring (bicyclic) bond motifs is 1. The van der Waals surface area contributed by atoms with E-state index in [4.69, 9.17) is 0 Å². The average Bonchev–Trinajstić information content (AvgIpc) is 3.45. The van der Waals surface area contributed by atoms with E-state index in [1.54, 1.807) is 0 Å². The first kappa shape index (κ1) is 20.8.